The molecule has 0 aromatic heterocycles. The second-order valence-corrected chi connectivity index (χ2v) is 8.08. The van der Waals surface area contributed by atoms with Gasteiger partial charge in [-0.1, -0.05) is 30.3 Å². The normalized spacial score (nSPS) is 14.2. The Hall–Kier alpha value is -3.02. The van der Waals surface area contributed by atoms with Gasteiger partial charge in [-0.25, -0.2) is 9.59 Å². The maximum atomic E-state index is 12.8. The number of ether oxygens (including phenoxy) is 2. The van der Waals surface area contributed by atoms with Gasteiger partial charge in [0.15, 0.2) is 5.60 Å². The molecule has 1 aliphatic rings. The zero-order chi connectivity index (χ0) is 21.9. The lowest BCUT2D eigenvalue weighted by molar-refractivity contribution is -0.158. The molecule has 6 heteroatoms. The summed E-state index contributed by atoms with van der Waals surface area (Å²) in [4.78, 5) is 28.7. The molecule has 0 atom stereocenters. The maximum absolute atomic E-state index is 12.8. The van der Waals surface area contributed by atoms with E-state index in [2.05, 4.69) is 0 Å². The average Bonchev–Trinajstić information content (AvgIpc) is 3.06. The summed E-state index contributed by atoms with van der Waals surface area (Å²) >= 11 is 0. The fourth-order valence-corrected chi connectivity index (χ4v) is 3.69. The predicted molar refractivity (Wildman–Crippen MR) is 117 cm³/mol. The summed E-state index contributed by atoms with van der Waals surface area (Å²) in [5.74, 6) is 0.284. The van der Waals surface area contributed by atoms with E-state index < -0.39 is 11.6 Å². The van der Waals surface area contributed by atoms with Crippen LogP contribution in [0, 0.1) is 13.8 Å². The molecule has 6 nitrogen and oxygen atoms in total. The van der Waals surface area contributed by atoms with Gasteiger partial charge >= 0.3 is 12.0 Å². The molecule has 0 N–H and O–H groups in total. The number of anilines is 1. The second kappa shape index (κ2) is 8.78. The quantitative estimate of drug-likeness (QED) is 0.632. The Morgan fingerprint density at radius 3 is 2.30 bits per heavy atom. The van der Waals surface area contributed by atoms with Crippen molar-refractivity contribution in [2.75, 3.05) is 24.6 Å². The zero-order valence-corrected chi connectivity index (χ0v) is 18.4. The van der Waals surface area contributed by atoms with Crippen molar-refractivity contribution in [1.82, 2.24) is 4.90 Å². The average molecular weight is 411 g/mol. The van der Waals surface area contributed by atoms with E-state index in [0.29, 0.717) is 32.0 Å². The number of nitrogens with zero attached hydrogens (tertiary/aromatic N) is 2. The molecule has 2 aromatic carbocycles. The maximum Gasteiger partial charge on any atom is 0.349 e. The van der Waals surface area contributed by atoms with Crippen molar-refractivity contribution in [3.8, 4) is 5.75 Å². The first kappa shape index (κ1) is 21.7. The Kier molecular flexibility index (Phi) is 6.34. The van der Waals surface area contributed by atoms with Crippen LogP contribution in [0.4, 0.5) is 10.5 Å². The minimum absolute atomic E-state index is 0.0141. The number of hydrogen-bond acceptors (Lipinski definition) is 4. The number of benzene rings is 2. The fraction of sp³-hybridized carbons (Fsp3) is 0.417. The number of amides is 2. The first-order valence-corrected chi connectivity index (χ1v) is 10.3. The van der Waals surface area contributed by atoms with Crippen LogP contribution in [-0.4, -0.2) is 42.2 Å². The Morgan fingerprint density at radius 1 is 1.07 bits per heavy atom. The van der Waals surface area contributed by atoms with E-state index in [1.165, 1.54) is 0 Å². The number of hydrogen-bond donors (Lipinski definition) is 0. The van der Waals surface area contributed by atoms with E-state index >= 15 is 0 Å². The monoisotopic (exact) mass is 410 g/mol. The molecule has 1 aliphatic heterocycles. The molecule has 1 fully saturated rings. The van der Waals surface area contributed by atoms with Gasteiger partial charge in [0.1, 0.15) is 5.75 Å². The molecule has 3 rings (SSSR count). The molecule has 160 valence electrons. The van der Waals surface area contributed by atoms with Gasteiger partial charge in [-0.2, -0.15) is 0 Å². The van der Waals surface area contributed by atoms with Gasteiger partial charge in [-0.15, -0.1) is 0 Å². The van der Waals surface area contributed by atoms with E-state index in [9.17, 15) is 9.59 Å². The number of rotatable bonds is 7. The number of carbonyl (C=O) groups excluding carboxylic acids is 2. The molecular formula is C24H30N2O4. The summed E-state index contributed by atoms with van der Waals surface area (Å²) in [5.41, 5.74) is 2.73. The highest BCUT2D eigenvalue weighted by molar-refractivity contribution is 5.94. The first-order chi connectivity index (χ1) is 14.2. The first-order valence-electron chi connectivity index (χ1n) is 10.3. The van der Waals surface area contributed by atoms with Crippen LogP contribution in [0.3, 0.4) is 0 Å². The summed E-state index contributed by atoms with van der Waals surface area (Å²) in [6.45, 7) is 11.3. The Labute approximate surface area is 178 Å². The van der Waals surface area contributed by atoms with Gasteiger partial charge in [0.05, 0.1) is 6.61 Å². The molecule has 0 unspecified atom stereocenters. The smallest absolute Gasteiger partial charge is 0.349 e. The molecule has 30 heavy (non-hydrogen) atoms. The Morgan fingerprint density at radius 2 is 1.70 bits per heavy atom. The van der Waals surface area contributed by atoms with E-state index in [1.54, 1.807) is 25.7 Å². The van der Waals surface area contributed by atoms with Crippen LogP contribution in [0.5, 0.6) is 5.75 Å². The molecule has 2 aromatic rings. The van der Waals surface area contributed by atoms with Crippen LogP contribution >= 0.6 is 0 Å². The standard InChI is InChI=1S/C24H30N2O4/c1-6-29-22(27)24(4,5)30-21-17(2)14-19(15-18(21)3)16-25-12-13-26(23(25)28)20-10-8-7-9-11-20/h7-11,14-15H,6,12-13,16H2,1-5H3. The van der Waals surface area contributed by atoms with Crippen LogP contribution in [0.1, 0.15) is 37.5 Å². The minimum atomic E-state index is -1.08. The third kappa shape index (κ3) is 4.58. The topological polar surface area (TPSA) is 59.1 Å². The van der Waals surface area contributed by atoms with E-state index in [4.69, 9.17) is 9.47 Å². The van der Waals surface area contributed by atoms with E-state index in [-0.39, 0.29) is 6.03 Å². The number of urea groups is 1. The number of carbonyl (C=O) groups is 2. The zero-order valence-electron chi connectivity index (χ0n) is 18.4. The highest BCUT2D eigenvalue weighted by Crippen LogP contribution is 2.30. The van der Waals surface area contributed by atoms with Gasteiger partial charge in [0.2, 0.25) is 0 Å². The van der Waals surface area contributed by atoms with Crippen molar-refractivity contribution in [3.63, 3.8) is 0 Å². The van der Waals surface area contributed by atoms with Crippen LogP contribution in [0.2, 0.25) is 0 Å². The van der Waals surface area contributed by atoms with Crippen LogP contribution in [-0.2, 0) is 16.1 Å². The molecule has 0 aliphatic carbocycles. The highest BCUT2D eigenvalue weighted by Gasteiger charge is 2.33. The van der Waals surface area contributed by atoms with Gasteiger partial charge in [0, 0.05) is 25.3 Å². The van der Waals surface area contributed by atoms with Crippen molar-refractivity contribution >= 4 is 17.7 Å². The van der Waals surface area contributed by atoms with Gasteiger partial charge < -0.3 is 14.4 Å². The molecule has 2 amide bonds. The van der Waals surface area contributed by atoms with E-state index in [1.807, 2.05) is 61.2 Å². The SMILES string of the molecule is CCOC(=O)C(C)(C)Oc1c(C)cc(CN2CCN(c3ccccc3)C2=O)cc1C. The molecular weight excluding hydrogens is 380 g/mol. The van der Waals surface area contributed by atoms with Crippen molar-refractivity contribution in [2.45, 2.75) is 46.8 Å². The lowest BCUT2D eigenvalue weighted by atomic mass is 10.0. The largest absolute Gasteiger partial charge is 0.476 e. The summed E-state index contributed by atoms with van der Waals surface area (Å²) in [5, 5.41) is 0. The van der Waals surface area contributed by atoms with Gasteiger partial charge in [-0.05, 0) is 63.4 Å². The molecule has 0 radical (unpaired) electrons. The molecule has 0 spiro atoms. The van der Waals surface area contributed by atoms with E-state index in [0.717, 1.165) is 22.4 Å². The lowest BCUT2D eigenvalue weighted by Crippen LogP contribution is -2.40. The third-order valence-electron chi connectivity index (χ3n) is 5.18. The highest BCUT2D eigenvalue weighted by atomic mass is 16.6. The predicted octanol–water partition coefficient (Wildman–Crippen LogP) is 4.47. The molecule has 1 heterocycles. The van der Waals surface area contributed by atoms with Crippen molar-refractivity contribution in [2.24, 2.45) is 0 Å². The lowest BCUT2D eigenvalue weighted by Gasteiger charge is -2.27. The van der Waals surface area contributed by atoms with Gasteiger partial charge in [0.25, 0.3) is 0 Å². The second-order valence-electron chi connectivity index (χ2n) is 8.08. The van der Waals surface area contributed by atoms with Crippen molar-refractivity contribution < 1.29 is 19.1 Å². The summed E-state index contributed by atoms with van der Waals surface area (Å²) in [6, 6.07) is 13.8. The van der Waals surface area contributed by atoms with Gasteiger partial charge in [-0.3, -0.25) is 4.90 Å². The third-order valence-corrected chi connectivity index (χ3v) is 5.18. The number of para-hydroxylation sites is 1. The van der Waals surface area contributed by atoms with Crippen molar-refractivity contribution in [3.05, 3.63) is 59.2 Å². The molecule has 1 saturated heterocycles. The van der Waals surface area contributed by atoms with Crippen molar-refractivity contribution in [1.29, 1.82) is 0 Å². The summed E-state index contributed by atoms with van der Waals surface area (Å²) in [7, 11) is 0. The molecule has 0 bridgehead atoms. The number of aryl methyl sites for hydroxylation is 2. The Balaban J connectivity index is 1.73. The van der Waals surface area contributed by atoms with Crippen LogP contribution < -0.4 is 9.64 Å². The van der Waals surface area contributed by atoms with Crippen LogP contribution in [0.15, 0.2) is 42.5 Å². The Bertz CT molecular complexity index is 901. The minimum Gasteiger partial charge on any atom is -0.476 e. The molecule has 0 saturated carbocycles. The number of esters is 1. The summed E-state index contributed by atoms with van der Waals surface area (Å²) < 4.78 is 11.2. The summed E-state index contributed by atoms with van der Waals surface area (Å²) in [6.07, 6.45) is 0. The van der Waals surface area contributed by atoms with Crippen LogP contribution in [0.25, 0.3) is 0 Å². The fourth-order valence-electron chi connectivity index (χ4n) is 3.69.